The van der Waals surface area contributed by atoms with E-state index in [1.165, 1.54) is 21.3 Å². The Hall–Kier alpha value is -3.76. The zero-order valence-electron chi connectivity index (χ0n) is 19.7. The van der Waals surface area contributed by atoms with Crippen molar-refractivity contribution in [2.45, 2.75) is 44.6 Å². The molecule has 3 heterocycles. The molecule has 2 amide bonds. The molecule has 2 aromatic rings. The molecule has 182 valence electrons. The van der Waals surface area contributed by atoms with Gasteiger partial charge in [-0.1, -0.05) is 0 Å². The molecule has 0 saturated carbocycles. The first-order valence-corrected chi connectivity index (χ1v) is 11.2. The number of nitrogens with one attached hydrogen (secondary N) is 3. The molecule has 0 spiro atoms. The molecule has 2 aliphatic heterocycles. The highest BCUT2D eigenvalue weighted by Crippen LogP contribution is 2.40. The van der Waals surface area contributed by atoms with Crippen molar-refractivity contribution >= 4 is 29.3 Å². The first-order chi connectivity index (χ1) is 16.4. The molecule has 11 nitrogen and oxygen atoms in total. The van der Waals surface area contributed by atoms with E-state index in [9.17, 15) is 14.4 Å². The summed E-state index contributed by atoms with van der Waals surface area (Å²) in [6.45, 7) is 2.84. The third-order valence-electron chi connectivity index (χ3n) is 6.26. The van der Waals surface area contributed by atoms with E-state index < -0.39 is 17.4 Å². The van der Waals surface area contributed by atoms with Crippen LogP contribution in [0.3, 0.4) is 0 Å². The normalized spacial score (nSPS) is 19.6. The van der Waals surface area contributed by atoms with Gasteiger partial charge in [0.2, 0.25) is 23.5 Å². The topological polar surface area (TPSA) is 135 Å². The molecule has 3 N–H and O–H groups in total. The lowest BCUT2D eigenvalue weighted by Gasteiger charge is -2.34. The fraction of sp³-hybridized carbons (Fsp3) is 0.478. The van der Waals surface area contributed by atoms with Crippen LogP contribution in [0.25, 0.3) is 0 Å². The summed E-state index contributed by atoms with van der Waals surface area (Å²) in [5.41, 5.74) is 0.0657. The first kappa shape index (κ1) is 23.4. The van der Waals surface area contributed by atoms with Gasteiger partial charge in [-0.15, -0.1) is 0 Å². The van der Waals surface area contributed by atoms with E-state index in [0.29, 0.717) is 28.9 Å². The highest BCUT2D eigenvalue weighted by atomic mass is 16.5. The zero-order chi connectivity index (χ0) is 24.4. The van der Waals surface area contributed by atoms with Crippen LogP contribution in [0, 0.1) is 0 Å². The summed E-state index contributed by atoms with van der Waals surface area (Å²) in [6, 6.07) is 3.37. The SMILES string of the molecule is COc1cc(NC(=O)[C@H]2CC(=O)Nc3nc(N4CCCC[C@H]4C)[nH]c(=O)c32)cc(OC)c1OC. The number of aromatic amines is 1. The third-order valence-corrected chi connectivity index (χ3v) is 6.26. The van der Waals surface area contributed by atoms with Crippen molar-refractivity contribution in [2.24, 2.45) is 0 Å². The molecule has 0 aliphatic carbocycles. The summed E-state index contributed by atoms with van der Waals surface area (Å²) in [5, 5.41) is 5.42. The standard InChI is InChI=1S/C23H29N5O6/c1-12-7-5-6-8-28(12)23-26-20-18(22(31)27-23)14(11-17(29)25-20)21(30)24-13-9-15(32-2)19(34-4)16(10-13)33-3/h9-10,12,14H,5-8,11H2,1-4H3,(H,24,30)(H2,25,26,27,29,31)/t12-,14+/m1/s1. The van der Waals surface area contributed by atoms with Crippen LogP contribution in [0.4, 0.5) is 17.5 Å². The van der Waals surface area contributed by atoms with Crippen LogP contribution in [0.1, 0.15) is 44.1 Å². The Kier molecular flexibility index (Phi) is 6.62. The van der Waals surface area contributed by atoms with Crippen LogP contribution >= 0.6 is 0 Å². The zero-order valence-corrected chi connectivity index (χ0v) is 19.7. The second kappa shape index (κ2) is 9.62. The number of rotatable bonds is 6. The maximum atomic E-state index is 13.2. The van der Waals surface area contributed by atoms with Crippen LogP contribution in [0.5, 0.6) is 17.2 Å². The number of carbonyl (C=O) groups excluding carboxylic acids is 2. The lowest BCUT2D eigenvalue weighted by molar-refractivity contribution is -0.123. The van der Waals surface area contributed by atoms with Crippen molar-refractivity contribution in [3.63, 3.8) is 0 Å². The molecule has 34 heavy (non-hydrogen) atoms. The fourth-order valence-corrected chi connectivity index (χ4v) is 4.51. The van der Waals surface area contributed by atoms with E-state index in [-0.39, 0.29) is 29.8 Å². The van der Waals surface area contributed by atoms with E-state index in [1.54, 1.807) is 12.1 Å². The molecule has 0 unspecified atom stereocenters. The number of piperidine rings is 1. The molecule has 1 aromatic carbocycles. The molecule has 0 radical (unpaired) electrons. The summed E-state index contributed by atoms with van der Waals surface area (Å²) in [7, 11) is 4.42. The van der Waals surface area contributed by atoms with Crippen LogP contribution in [-0.2, 0) is 9.59 Å². The number of anilines is 3. The minimum Gasteiger partial charge on any atom is -0.493 e. The van der Waals surface area contributed by atoms with Crippen molar-refractivity contribution in [1.29, 1.82) is 0 Å². The third kappa shape index (κ3) is 4.37. The summed E-state index contributed by atoms with van der Waals surface area (Å²) in [4.78, 5) is 48.1. The fourth-order valence-electron chi connectivity index (χ4n) is 4.51. The van der Waals surface area contributed by atoms with Gasteiger partial charge >= 0.3 is 0 Å². The number of nitrogens with zero attached hydrogens (tertiary/aromatic N) is 2. The minimum atomic E-state index is -1.01. The van der Waals surface area contributed by atoms with Gasteiger partial charge in [-0.05, 0) is 26.2 Å². The Morgan fingerprint density at radius 3 is 2.44 bits per heavy atom. The number of benzene rings is 1. The van der Waals surface area contributed by atoms with E-state index in [1.807, 2.05) is 4.90 Å². The average Bonchev–Trinajstić information content (AvgIpc) is 2.82. The monoisotopic (exact) mass is 471 g/mol. The van der Waals surface area contributed by atoms with Gasteiger partial charge in [-0.3, -0.25) is 19.4 Å². The predicted molar refractivity (Wildman–Crippen MR) is 126 cm³/mol. The second-order valence-corrected chi connectivity index (χ2v) is 8.40. The number of amides is 2. The molecule has 4 rings (SSSR count). The van der Waals surface area contributed by atoms with Crippen LogP contribution in [0.2, 0.25) is 0 Å². The number of methoxy groups -OCH3 is 3. The molecule has 1 fully saturated rings. The number of ether oxygens (including phenoxy) is 3. The average molecular weight is 472 g/mol. The summed E-state index contributed by atoms with van der Waals surface area (Å²) in [5.74, 6) is -0.278. The maximum Gasteiger partial charge on any atom is 0.258 e. The lowest BCUT2D eigenvalue weighted by atomic mass is 9.92. The number of fused-ring (bicyclic) bond motifs is 1. The Morgan fingerprint density at radius 1 is 1.12 bits per heavy atom. The highest BCUT2D eigenvalue weighted by molar-refractivity contribution is 6.04. The molecule has 1 saturated heterocycles. The lowest BCUT2D eigenvalue weighted by Crippen LogP contribution is -2.42. The molecule has 0 bridgehead atoms. The Balaban J connectivity index is 1.66. The number of hydrogen-bond acceptors (Lipinski definition) is 8. The van der Waals surface area contributed by atoms with Crippen LogP contribution in [-0.4, -0.2) is 55.7 Å². The molecule has 1 aromatic heterocycles. The van der Waals surface area contributed by atoms with Crippen molar-refractivity contribution < 1.29 is 23.8 Å². The smallest absolute Gasteiger partial charge is 0.258 e. The van der Waals surface area contributed by atoms with Crippen LogP contribution < -0.4 is 35.3 Å². The van der Waals surface area contributed by atoms with E-state index in [4.69, 9.17) is 14.2 Å². The van der Waals surface area contributed by atoms with E-state index in [0.717, 1.165) is 25.8 Å². The van der Waals surface area contributed by atoms with Crippen molar-refractivity contribution in [3.8, 4) is 17.2 Å². The Morgan fingerprint density at radius 2 is 1.82 bits per heavy atom. The number of carbonyl (C=O) groups is 2. The van der Waals surface area contributed by atoms with E-state index >= 15 is 0 Å². The van der Waals surface area contributed by atoms with Gasteiger partial charge in [0.25, 0.3) is 5.56 Å². The van der Waals surface area contributed by atoms with Gasteiger partial charge in [0.15, 0.2) is 11.5 Å². The van der Waals surface area contributed by atoms with E-state index in [2.05, 4.69) is 27.5 Å². The summed E-state index contributed by atoms with van der Waals surface area (Å²) < 4.78 is 16.0. The van der Waals surface area contributed by atoms with Gasteiger partial charge in [0.05, 0.1) is 32.8 Å². The van der Waals surface area contributed by atoms with Gasteiger partial charge < -0.3 is 29.7 Å². The number of hydrogen-bond donors (Lipinski definition) is 3. The predicted octanol–water partition coefficient (Wildman–Crippen LogP) is 2.24. The Labute approximate surface area is 196 Å². The maximum absolute atomic E-state index is 13.2. The quantitative estimate of drug-likeness (QED) is 0.584. The van der Waals surface area contributed by atoms with Gasteiger partial charge in [0, 0.05) is 36.8 Å². The summed E-state index contributed by atoms with van der Waals surface area (Å²) in [6.07, 6.45) is 2.94. The molecular weight excluding hydrogens is 442 g/mol. The Bertz CT molecular complexity index is 1140. The minimum absolute atomic E-state index is 0.123. The van der Waals surface area contributed by atoms with Crippen LogP contribution in [0.15, 0.2) is 16.9 Å². The van der Waals surface area contributed by atoms with Gasteiger partial charge in [-0.25, -0.2) is 0 Å². The van der Waals surface area contributed by atoms with Gasteiger partial charge in [0.1, 0.15) is 5.82 Å². The van der Waals surface area contributed by atoms with Crippen molar-refractivity contribution in [3.05, 3.63) is 28.0 Å². The van der Waals surface area contributed by atoms with Crippen molar-refractivity contribution in [2.75, 3.05) is 43.4 Å². The number of H-pyrrole nitrogens is 1. The van der Waals surface area contributed by atoms with Crippen molar-refractivity contribution in [1.82, 2.24) is 9.97 Å². The number of aromatic nitrogens is 2. The molecule has 2 atom stereocenters. The summed E-state index contributed by atoms with van der Waals surface area (Å²) >= 11 is 0. The highest BCUT2D eigenvalue weighted by Gasteiger charge is 2.36. The largest absolute Gasteiger partial charge is 0.493 e. The molecule has 2 aliphatic rings. The second-order valence-electron chi connectivity index (χ2n) is 8.40. The first-order valence-electron chi connectivity index (χ1n) is 11.2. The van der Waals surface area contributed by atoms with Gasteiger partial charge in [-0.2, -0.15) is 4.98 Å². The molecular formula is C23H29N5O6. The molecule has 11 heteroatoms.